The first kappa shape index (κ1) is 28.7. The van der Waals surface area contributed by atoms with Crippen molar-refractivity contribution >= 4 is 43.6 Å². The highest BCUT2D eigenvalue weighted by molar-refractivity contribution is 6.11. The number of rotatable bonds is 4. The number of aromatic nitrogens is 4. The zero-order valence-electron chi connectivity index (χ0n) is 26.4. The molecule has 0 unspecified atom stereocenters. The zero-order valence-corrected chi connectivity index (χ0v) is 26.4. The van der Waals surface area contributed by atoms with E-state index in [0.717, 1.165) is 65.9 Å². The van der Waals surface area contributed by atoms with Crippen LogP contribution in [0.25, 0.3) is 77.5 Å². The Labute approximate surface area is 286 Å². The van der Waals surface area contributed by atoms with Crippen LogP contribution in [0.15, 0.2) is 140 Å². The molecular formula is C43H23N7. The van der Waals surface area contributed by atoms with Crippen LogP contribution in [0.2, 0.25) is 0 Å². The molecule has 7 heteroatoms. The van der Waals surface area contributed by atoms with Crippen molar-refractivity contribution in [2.45, 2.75) is 0 Å². The third-order valence-corrected chi connectivity index (χ3v) is 9.32. The Bertz CT molecular complexity index is 2840. The molecule has 0 saturated heterocycles. The first-order chi connectivity index (χ1) is 24.6. The van der Waals surface area contributed by atoms with Gasteiger partial charge in [-0.15, -0.1) is 0 Å². The summed E-state index contributed by atoms with van der Waals surface area (Å²) in [6, 6.07) is 48.4. The maximum absolute atomic E-state index is 9.78. The highest BCUT2D eigenvalue weighted by atomic mass is 15.1. The summed E-state index contributed by atoms with van der Waals surface area (Å²) in [4.78, 5) is 9.89. The van der Waals surface area contributed by atoms with E-state index in [1.165, 1.54) is 0 Å². The first-order valence-corrected chi connectivity index (χ1v) is 16.0. The van der Waals surface area contributed by atoms with Crippen LogP contribution in [-0.2, 0) is 0 Å². The van der Waals surface area contributed by atoms with E-state index in [4.69, 9.17) is 4.98 Å². The minimum absolute atomic E-state index is 0.537. The van der Waals surface area contributed by atoms with E-state index in [1.54, 1.807) is 0 Å². The molecule has 0 N–H and O–H groups in total. The molecule has 50 heavy (non-hydrogen) atoms. The van der Waals surface area contributed by atoms with Crippen LogP contribution in [0.3, 0.4) is 0 Å². The predicted octanol–water partition coefficient (Wildman–Crippen LogP) is 9.62. The summed E-state index contributed by atoms with van der Waals surface area (Å²) < 4.78 is 4.26. The second-order valence-corrected chi connectivity index (χ2v) is 12.1. The monoisotopic (exact) mass is 637 g/mol. The van der Waals surface area contributed by atoms with Crippen molar-refractivity contribution in [2.75, 3.05) is 0 Å². The molecule has 230 valence electrons. The lowest BCUT2D eigenvalue weighted by molar-refractivity contribution is 1.01. The fourth-order valence-electron chi connectivity index (χ4n) is 7.07. The molecule has 4 aromatic heterocycles. The lowest BCUT2D eigenvalue weighted by Crippen LogP contribution is -2.05. The van der Waals surface area contributed by atoms with Crippen molar-refractivity contribution in [3.8, 4) is 52.1 Å². The van der Waals surface area contributed by atoms with Gasteiger partial charge in [-0.2, -0.15) is 15.8 Å². The number of hydrogen-bond donors (Lipinski definition) is 0. The average Bonchev–Trinajstić information content (AvgIpc) is 3.70. The molecule has 0 atom stereocenters. The molecule has 0 spiro atoms. The lowest BCUT2D eigenvalue weighted by Gasteiger charge is -2.16. The fourth-order valence-corrected chi connectivity index (χ4v) is 7.07. The van der Waals surface area contributed by atoms with Crippen LogP contribution >= 0.6 is 0 Å². The van der Waals surface area contributed by atoms with Gasteiger partial charge in [0.25, 0.3) is 0 Å². The van der Waals surface area contributed by atoms with E-state index < -0.39 is 0 Å². The topological polar surface area (TPSA) is 107 Å². The largest absolute Gasteiger partial charge is 0.294 e. The Morgan fingerprint density at radius 1 is 0.440 bits per heavy atom. The van der Waals surface area contributed by atoms with Gasteiger partial charge in [-0.25, -0.2) is 4.98 Å². The van der Waals surface area contributed by atoms with Gasteiger partial charge in [0.05, 0.1) is 63.2 Å². The quantitative estimate of drug-likeness (QED) is 0.191. The fraction of sp³-hybridized carbons (Fsp3) is 0. The van der Waals surface area contributed by atoms with Crippen LogP contribution in [-0.4, -0.2) is 19.1 Å². The predicted molar refractivity (Wildman–Crippen MR) is 196 cm³/mol. The molecule has 0 aliphatic heterocycles. The number of benzene rings is 5. The molecule has 0 saturated carbocycles. The van der Waals surface area contributed by atoms with E-state index >= 15 is 0 Å². The Hall–Kier alpha value is -7.53. The number of fused-ring (bicyclic) bond motifs is 6. The maximum Gasteiger partial charge on any atom is 0.140 e. The number of para-hydroxylation sites is 1. The molecule has 7 nitrogen and oxygen atoms in total. The Kier molecular flexibility index (Phi) is 6.49. The molecule has 0 radical (unpaired) electrons. The van der Waals surface area contributed by atoms with Gasteiger partial charge in [-0.3, -0.25) is 14.1 Å². The molecule has 0 aliphatic carbocycles. The minimum atomic E-state index is 0.537. The molecule has 5 aromatic carbocycles. The van der Waals surface area contributed by atoms with Crippen LogP contribution in [0, 0.1) is 34.0 Å². The van der Waals surface area contributed by atoms with Crippen molar-refractivity contribution in [2.24, 2.45) is 0 Å². The van der Waals surface area contributed by atoms with Gasteiger partial charge in [-0.05, 0) is 95.1 Å². The van der Waals surface area contributed by atoms with E-state index in [9.17, 15) is 15.8 Å². The Balaban J connectivity index is 1.40. The van der Waals surface area contributed by atoms with Gasteiger partial charge in [0.15, 0.2) is 0 Å². The molecule has 0 bridgehead atoms. The van der Waals surface area contributed by atoms with Crippen LogP contribution in [0.5, 0.6) is 0 Å². The summed E-state index contributed by atoms with van der Waals surface area (Å²) in [5.74, 6) is 1.39. The molecule has 4 heterocycles. The molecule has 0 aliphatic rings. The molecule has 0 fully saturated rings. The average molecular weight is 638 g/mol. The molecule has 9 rings (SSSR count). The van der Waals surface area contributed by atoms with E-state index in [1.807, 2.05) is 103 Å². The van der Waals surface area contributed by atoms with E-state index in [0.29, 0.717) is 28.3 Å². The summed E-state index contributed by atoms with van der Waals surface area (Å²) >= 11 is 0. The highest BCUT2D eigenvalue weighted by Gasteiger charge is 2.20. The lowest BCUT2D eigenvalue weighted by atomic mass is 9.94. The molecule has 9 aromatic rings. The van der Waals surface area contributed by atoms with Crippen molar-refractivity contribution < 1.29 is 0 Å². The molecular weight excluding hydrogens is 615 g/mol. The second kappa shape index (κ2) is 11.3. The summed E-state index contributed by atoms with van der Waals surface area (Å²) in [6.45, 7) is 0. The smallest absolute Gasteiger partial charge is 0.140 e. The normalized spacial score (nSPS) is 11.1. The zero-order chi connectivity index (χ0) is 33.8. The van der Waals surface area contributed by atoms with Gasteiger partial charge in [-0.1, -0.05) is 54.6 Å². The third kappa shape index (κ3) is 4.42. The Morgan fingerprint density at radius 2 is 0.960 bits per heavy atom. The van der Waals surface area contributed by atoms with Crippen molar-refractivity contribution in [1.29, 1.82) is 15.8 Å². The summed E-state index contributed by atoms with van der Waals surface area (Å²) in [5.41, 5.74) is 9.31. The van der Waals surface area contributed by atoms with E-state index in [-0.39, 0.29) is 0 Å². The van der Waals surface area contributed by atoms with Gasteiger partial charge in [0, 0.05) is 27.7 Å². The third-order valence-electron chi connectivity index (χ3n) is 9.32. The van der Waals surface area contributed by atoms with Gasteiger partial charge in [0.2, 0.25) is 0 Å². The van der Waals surface area contributed by atoms with Gasteiger partial charge in [0.1, 0.15) is 11.6 Å². The molecule has 0 amide bonds. The van der Waals surface area contributed by atoms with Crippen LogP contribution < -0.4 is 0 Å². The van der Waals surface area contributed by atoms with Gasteiger partial charge < -0.3 is 0 Å². The van der Waals surface area contributed by atoms with E-state index in [2.05, 4.69) is 68.7 Å². The van der Waals surface area contributed by atoms with Crippen LogP contribution in [0.1, 0.15) is 16.7 Å². The number of hydrogen-bond acceptors (Lipinski definition) is 5. The summed E-state index contributed by atoms with van der Waals surface area (Å²) in [5, 5.41) is 32.9. The number of nitrogens with zero attached hydrogens (tertiary/aromatic N) is 7. The Morgan fingerprint density at radius 3 is 1.60 bits per heavy atom. The van der Waals surface area contributed by atoms with Crippen LogP contribution in [0.4, 0.5) is 0 Å². The SMILES string of the molecule is N#Cc1ccc(-c2ccccc2-c2cc(-n3c4ccc(C#N)cc4c4cc(C#N)ccc43)nc(-n3c4ccccc4c4ccncc43)c2)cc1. The summed E-state index contributed by atoms with van der Waals surface area (Å²) in [6.07, 6.45) is 3.69. The highest BCUT2D eigenvalue weighted by Crippen LogP contribution is 2.39. The second-order valence-electron chi connectivity index (χ2n) is 12.1. The first-order valence-electron chi connectivity index (χ1n) is 16.0. The van der Waals surface area contributed by atoms with Crippen molar-refractivity contribution in [3.05, 3.63) is 156 Å². The number of pyridine rings is 2. The number of nitriles is 3. The minimum Gasteiger partial charge on any atom is -0.294 e. The van der Waals surface area contributed by atoms with Gasteiger partial charge >= 0.3 is 0 Å². The van der Waals surface area contributed by atoms with Crippen molar-refractivity contribution in [3.63, 3.8) is 0 Å². The standard InChI is InChI=1S/C43H23N7/c44-23-27-9-13-30(14-10-27)32-5-1-2-6-33(32)31-21-42(48-43(22-31)50-38-8-4-3-7-34(38)35-17-18-47-26-41(35)50)49-39-15-11-28(24-45)19-36(39)37-20-29(25-46)12-16-40(37)49/h1-22,26H. The van der Waals surface area contributed by atoms with Crippen molar-refractivity contribution in [1.82, 2.24) is 19.1 Å². The summed E-state index contributed by atoms with van der Waals surface area (Å²) in [7, 11) is 0. The maximum atomic E-state index is 9.78.